The van der Waals surface area contributed by atoms with Gasteiger partial charge >= 0.3 is 0 Å². The molecule has 1 saturated heterocycles. The fraction of sp³-hybridized carbons (Fsp3) is 0.360. The maximum absolute atomic E-state index is 14.8. The number of nitrogens with one attached hydrogen (secondary N) is 1. The van der Waals surface area contributed by atoms with E-state index in [1.807, 2.05) is 49.1 Å². The summed E-state index contributed by atoms with van der Waals surface area (Å²) < 4.78 is 25.8. The Kier molecular flexibility index (Phi) is 6.28. The zero-order valence-corrected chi connectivity index (χ0v) is 18.8. The molecule has 1 aliphatic heterocycles. The Balaban J connectivity index is 1.46. The molecule has 3 aromatic rings. The van der Waals surface area contributed by atoms with Crippen molar-refractivity contribution in [3.63, 3.8) is 0 Å². The predicted octanol–water partition coefficient (Wildman–Crippen LogP) is 4.23. The van der Waals surface area contributed by atoms with Crippen molar-refractivity contribution in [1.82, 2.24) is 10.3 Å². The number of aromatic nitrogens is 1. The first-order valence-corrected chi connectivity index (χ1v) is 10.8. The van der Waals surface area contributed by atoms with E-state index >= 15 is 0 Å². The van der Waals surface area contributed by atoms with Crippen LogP contribution in [0.5, 0.6) is 5.75 Å². The number of nitrogens with zero attached hydrogens (tertiary/aromatic N) is 2. The number of hydrogen-bond donors (Lipinski definition) is 1. The van der Waals surface area contributed by atoms with Crippen LogP contribution in [-0.2, 0) is 11.3 Å². The van der Waals surface area contributed by atoms with Crippen LogP contribution >= 0.6 is 0 Å². The van der Waals surface area contributed by atoms with E-state index < -0.39 is 0 Å². The molecule has 0 spiro atoms. The molecule has 2 atom stereocenters. The van der Waals surface area contributed by atoms with Gasteiger partial charge in [-0.3, -0.25) is 9.78 Å². The van der Waals surface area contributed by atoms with Gasteiger partial charge in [0.05, 0.1) is 41.8 Å². The minimum absolute atomic E-state index is 0.0528. The van der Waals surface area contributed by atoms with E-state index in [9.17, 15) is 9.18 Å². The molecule has 1 amide bonds. The smallest absolute Gasteiger partial charge is 0.253 e. The van der Waals surface area contributed by atoms with E-state index in [1.165, 1.54) is 6.07 Å². The summed E-state index contributed by atoms with van der Waals surface area (Å²) in [5, 5.41) is 3.73. The molecule has 0 saturated carbocycles. The Morgan fingerprint density at radius 3 is 2.62 bits per heavy atom. The lowest BCUT2D eigenvalue weighted by atomic mass is 10.1. The lowest BCUT2D eigenvalue weighted by molar-refractivity contribution is -0.00539. The Hall–Kier alpha value is -3.19. The topological polar surface area (TPSA) is 63.7 Å². The van der Waals surface area contributed by atoms with Gasteiger partial charge in [0.15, 0.2) is 0 Å². The zero-order valence-electron chi connectivity index (χ0n) is 18.8. The van der Waals surface area contributed by atoms with Crippen LogP contribution in [0.25, 0.3) is 10.9 Å². The molecule has 7 heteroatoms. The molecule has 2 unspecified atom stereocenters. The fourth-order valence-corrected chi connectivity index (χ4v) is 4.17. The number of anilines is 1. The van der Waals surface area contributed by atoms with Crippen LogP contribution in [0.2, 0.25) is 0 Å². The Morgan fingerprint density at radius 2 is 1.94 bits per heavy atom. The quantitative estimate of drug-likeness (QED) is 0.647. The molecule has 0 bridgehead atoms. The Morgan fingerprint density at radius 1 is 1.19 bits per heavy atom. The summed E-state index contributed by atoms with van der Waals surface area (Å²) in [7, 11) is 1.60. The number of pyridine rings is 1. The van der Waals surface area contributed by atoms with Gasteiger partial charge in [-0.05, 0) is 56.7 Å². The number of carbonyl (C=O) groups excluding carboxylic acids is 1. The number of carbonyl (C=O) groups is 1. The van der Waals surface area contributed by atoms with E-state index in [-0.39, 0.29) is 30.5 Å². The number of ether oxygens (including phenoxy) is 2. The molecular formula is C25H28FN3O3. The number of aryl methyl sites for hydroxylation is 1. The predicted molar refractivity (Wildman–Crippen MR) is 123 cm³/mol. The van der Waals surface area contributed by atoms with Gasteiger partial charge in [-0.15, -0.1) is 0 Å². The lowest BCUT2D eigenvalue weighted by Gasteiger charge is -2.37. The minimum atomic E-state index is -0.296. The summed E-state index contributed by atoms with van der Waals surface area (Å²) in [5.41, 5.74) is 3.15. The van der Waals surface area contributed by atoms with Crippen LogP contribution in [0.3, 0.4) is 0 Å². The summed E-state index contributed by atoms with van der Waals surface area (Å²) in [6, 6.07) is 12.5. The van der Waals surface area contributed by atoms with Crippen LogP contribution in [0, 0.1) is 12.7 Å². The Bertz CT molecular complexity index is 1140. The van der Waals surface area contributed by atoms with Gasteiger partial charge in [-0.25, -0.2) is 4.39 Å². The highest BCUT2D eigenvalue weighted by molar-refractivity contribution is 5.98. The highest BCUT2D eigenvalue weighted by Gasteiger charge is 2.24. The maximum Gasteiger partial charge on any atom is 0.253 e. The monoisotopic (exact) mass is 437 g/mol. The number of halogens is 1. The molecule has 1 N–H and O–H groups in total. The van der Waals surface area contributed by atoms with Crippen LogP contribution in [0.15, 0.2) is 42.5 Å². The highest BCUT2D eigenvalue weighted by Crippen LogP contribution is 2.25. The molecular weight excluding hydrogens is 409 g/mol. The van der Waals surface area contributed by atoms with Crippen molar-refractivity contribution >= 4 is 22.5 Å². The van der Waals surface area contributed by atoms with E-state index in [0.717, 1.165) is 10.9 Å². The molecule has 1 aliphatic rings. The molecule has 168 valence electrons. The average Bonchev–Trinajstić information content (AvgIpc) is 2.76. The average molecular weight is 438 g/mol. The Labute approximate surface area is 187 Å². The standard InChI is InChI=1S/C25H28FN3O3/c1-15-13-29(14-16(2)32-15)24-8-5-18(9-22(24)26)12-27-25(30)21-10-19-6-7-20(31-4)11-23(19)28-17(21)3/h5-11,15-16H,12-14H2,1-4H3,(H,27,30). The second-order valence-electron chi connectivity index (χ2n) is 8.31. The minimum Gasteiger partial charge on any atom is -0.497 e. The van der Waals surface area contributed by atoms with Gasteiger partial charge in [0.25, 0.3) is 5.91 Å². The number of hydrogen-bond acceptors (Lipinski definition) is 5. The SMILES string of the molecule is COc1ccc2cc(C(=O)NCc3ccc(N4CC(C)OC(C)C4)c(F)c3)c(C)nc2c1. The van der Waals surface area contributed by atoms with Crippen molar-refractivity contribution in [3.8, 4) is 5.75 Å². The first-order chi connectivity index (χ1) is 15.3. The van der Waals surface area contributed by atoms with Crippen molar-refractivity contribution in [3.05, 3.63) is 65.1 Å². The third-order valence-corrected chi connectivity index (χ3v) is 5.69. The van der Waals surface area contributed by atoms with Crippen molar-refractivity contribution < 1.29 is 18.7 Å². The third-order valence-electron chi connectivity index (χ3n) is 5.69. The number of benzene rings is 2. The largest absolute Gasteiger partial charge is 0.497 e. The molecule has 0 radical (unpaired) electrons. The van der Waals surface area contributed by atoms with Crippen LogP contribution in [-0.4, -0.2) is 43.3 Å². The molecule has 4 rings (SSSR count). The zero-order chi connectivity index (χ0) is 22.8. The van der Waals surface area contributed by atoms with Crippen molar-refractivity contribution in [2.75, 3.05) is 25.1 Å². The summed E-state index contributed by atoms with van der Waals surface area (Å²) in [6.07, 6.45) is 0.106. The highest BCUT2D eigenvalue weighted by atomic mass is 19.1. The first kappa shape index (κ1) is 22.0. The van der Waals surface area contributed by atoms with Gasteiger partial charge in [-0.2, -0.15) is 0 Å². The summed E-state index contributed by atoms with van der Waals surface area (Å²) >= 11 is 0. The van der Waals surface area contributed by atoms with Crippen molar-refractivity contribution in [2.24, 2.45) is 0 Å². The molecule has 0 aliphatic carbocycles. The first-order valence-electron chi connectivity index (χ1n) is 10.8. The summed E-state index contributed by atoms with van der Waals surface area (Å²) in [6.45, 7) is 7.31. The van der Waals surface area contributed by atoms with Gasteiger partial charge < -0.3 is 19.7 Å². The molecule has 2 aromatic carbocycles. The molecule has 32 heavy (non-hydrogen) atoms. The van der Waals surface area contributed by atoms with Crippen LogP contribution in [0.1, 0.15) is 35.5 Å². The number of amides is 1. The lowest BCUT2D eigenvalue weighted by Crippen LogP contribution is -2.45. The van der Waals surface area contributed by atoms with E-state index in [4.69, 9.17) is 9.47 Å². The number of rotatable bonds is 5. The van der Waals surface area contributed by atoms with Gasteiger partial charge in [0, 0.05) is 31.1 Å². The van der Waals surface area contributed by atoms with E-state index in [1.54, 1.807) is 20.1 Å². The van der Waals surface area contributed by atoms with Crippen LogP contribution in [0.4, 0.5) is 10.1 Å². The molecule has 1 fully saturated rings. The van der Waals surface area contributed by atoms with Gasteiger partial charge in [0.1, 0.15) is 11.6 Å². The van der Waals surface area contributed by atoms with Crippen LogP contribution < -0.4 is 15.0 Å². The fourth-order valence-electron chi connectivity index (χ4n) is 4.17. The second kappa shape index (κ2) is 9.12. The summed E-state index contributed by atoms with van der Waals surface area (Å²) in [4.78, 5) is 19.3. The second-order valence-corrected chi connectivity index (χ2v) is 8.31. The van der Waals surface area contributed by atoms with Gasteiger partial charge in [-0.1, -0.05) is 6.07 Å². The van der Waals surface area contributed by atoms with Crippen molar-refractivity contribution in [2.45, 2.75) is 39.5 Å². The number of morpholine rings is 1. The van der Waals surface area contributed by atoms with Crippen molar-refractivity contribution in [1.29, 1.82) is 0 Å². The normalized spacial score (nSPS) is 18.6. The number of methoxy groups -OCH3 is 1. The van der Waals surface area contributed by atoms with E-state index in [0.29, 0.717) is 41.3 Å². The third kappa shape index (κ3) is 4.67. The summed E-state index contributed by atoms with van der Waals surface area (Å²) in [5.74, 6) is 0.177. The maximum atomic E-state index is 14.8. The van der Waals surface area contributed by atoms with E-state index in [2.05, 4.69) is 10.3 Å². The number of fused-ring (bicyclic) bond motifs is 1. The molecule has 1 aromatic heterocycles. The molecule has 6 nitrogen and oxygen atoms in total. The van der Waals surface area contributed by atoms with Gasteiger partial charge in [0.2, 0.25) is 0 Å². The molecule has 2 heterocycles.